The lowest BCUT2D eigenvalue weighted by molar-refractivity contribution is -0.288. The van der Waals surface area contributed by atoms with E-state index in [1.807, 2.05) is 13.8 Å². The molecule has 0 N–H and O–H groups in total. The molecule has 56 heavy (non-hydrogen) atoms. The fourth-order valence-corrected chi connectivity index (χ4v) is 8.59. The number of hydrogen-bond donors (Lipinski definition) is 0. The van der Waals surface area contributed by atoms with E-state index < -0.39 is 48.6 Å². The summed E-state index contributed by atoms with van der Waals surface area (Å²) < 4.78 is 152. The van der Waals surface area contributed by atoms with Gasteiger partial charge in [0.1, 0.15) is 23.0 Å². The van der Waals surface area contributed by atoms with Gasteiger partial charge in [-0.25, -0.2) is 16.8 Å². The Labute approximate surface area is 319 Å². The number of aryl methyl sites for hydroxylation is 2. The van der Waals surface area contributed by atoms with E-state index in [2.05, 4.69) is 0 Å². The highest BCUT2D eigenvalue weighted by Gasteiger charge is 2.72. The van der Waals surface area contributed by atoms with Crippen molar-refractivity contribution in [2.45, 2.75) is 57.6 Å². The van der Waals surface area contributed by atoms with E-state index in [0.717, 1.165) is 41.8 Å². The van der Waals surface area contributed by atoms with Crippen LogP contribution < -0.4 is 9.47 Å². The molecule has 0 amide bonds. The SMILES string of the molecule is CCc1ccc(S(=O)(=O)c2ccc(Oc3ccc(C(c4ccc(Oc5ccc(S(=O)(=O)c6ccc(C)cc6)cc5)cc4)(C(F)(F)F)C(F)(F)F)cc3)cc2)cc1. The largest absolute Gasteiger partial charge is 0.457 e. The van der Waals surface area contributed by atoms with Crippen molar-refractivity contribution in [1.29, 1.82) is 0 Å². The van der Waals surface area contributed by atoms with Crippen LogP contribution in [0.1, 0.15) is 29.2 Å². The molecule has 0 aliphatic rings. The quantitative estimate of drug-likeness (QED) is 0.121. The Hall–Kier alpha value is -5.60. The zero-order chi connectivity index (χ0) is 40.5. The molecule has 0 saturated heterocycles. The number of sulfone groups is 2. The van der Waals surface area contributed by atoms with E-state index in [4.69, 9.17) is 9.47 Å². The smallest absolute Gasteiger partial charge is 0.411 e. The fraction of sp³-hybridized carbons (Fsp3) is 0.143. The maximum absolute atomic E-state index is 14.8. The molecule has 0 aromatic heterocycles. The molecule has 6 rings (SSSR count). The fourth-order valence-electron chi connectivity index (χ4n) is 6.07. The zero-order valence-corrected chi connectivity index (χ0v) is 31.2. The van der Waals surface area contributed by atoms with E-state index in [9.17, 15) is 43.2 Å². The molecule has 0 spiro atoms. The van der Waals surface area contributed by atoms with Crippen LogP contribution in [-0.2, 0) is 31.5 Å². The lowest BCUT2D eigenvalue weighted by atomic mass is 9.73. The number of halogens is 6. The normalized spacial score (nSPS) is 12.6. The second-order valence-electron chi connectivity index (χ2n) is 12.8. The molecule has 6 aromatic rings. The van der Waals surface area contributed by atoms with Crippen LogP contribution in [-0.4, -0.2) is 29.2 Å². The maximum Gasteiger partial charge on any atom is 0.411 e. The summed E-state index contributed by atoms with van der Waals surface area (Å²) in [4.78, 5) is 0.0704. The highest BCUT2D eigenvalue weighted by atomic mass is 32.2. The predicted molar refractivity (Wildman–Crippen MR) is 197 cm³/mol. The summed E-state index contributed by atoms with van der Waals surface area (Å²) in [5.74, 6) is -0.0153. The minimum atomic E-state index is -5.85. The van der Waals surface area contributed by atoms with E-state index in [1.165, 1.54) is 72.8 Å². The number of benzene rings is 6. The molecule has 0 heterocycles. The van der Waals surface area contributed by atoms with E-state index in [1.54, 1.807) is 24.3 Å². The van der Waals surface area contributed by atoms with E-state index in [-0.39, 0.29) is 42.6 Å². The van der Waals surface area contributed by atoms with Crippen LogP contribution in [0.3, 0.4) is 0 Å². The Morgan fingerprint density at radius 2 is 0.696 bits per heavy atom. The number of rotatable bonds is 11. The number of ether oxygens (including phenoxy) is 2. The number of hydrogen-bond acceptors (Lipinski definition) is 6. The van der Waals surface area contributed by atoms with Crippen molar-refractivity contribution in [3.8, 4) is 23.0 Å². The second-order valence-corrected chi connectivity index (χ2v) is 16.7. The highest BCUT2D eigenvalue weighted by molar-refractivity contribution is 7.91. The van der Waals surface area contributed by atoms with Gasteiger partial charge in [0, 0.05) is 0 Å². The first-order valence-electron chi connectivity index (χ1n) is 16.9. The van der Waals surface area contributed by atoms with Gasteiger partial charge < -0.3 is 9.47 Å². The topological polar surface area (TPSA) is 86.7 Å². The van der Waals surface area contributed by atoms with Crippen LogP contribution in [0.2, 0.25) is 0 Å². The van der Waals surface area contributed by atoms with Gasteiger partial charge in [0.05, 0.1) is 19.6 Å². The molecule has 0 fully saturated rings. The van der Waals surface area contributed by atoms with E-state index in [0.29, 0.717) is 24.3 Å². The van der Waals surface area contributed by atoms with Gasteiger partial charge in [0.2, 0.25) is 25.1 Å². The number of alkyl halides is 6. The Morgan fingerprint density at radius 1 is 0.429 bits per heavy atom. The standard InChI is InChI=1S/C42H32F6O6S2/c1-3-29-6-22-37(23-7-29)56(51,52)39-26-18-35(19-27-39)54-33-14-10-31(11-15-33)40(41(43,44)45,42(46,47)48)30-8-12-32(13-9-30)53-34-16-24-38(25-17-34)55(49,50)36-20-4-28(2)5-21-36/h4-27H,3H2,1-2H3. The summed E-state index contributed by atoms with van der Waals surface area (Å²) in [5, 5.41) is 0. The predicted octanol–water partition coefficient (Wildman–Crippen LogP) is 11.2. The molecule has 14 heteroatoms. The van der Waals surface area contributed by atoms with Crippen molar-refractivity contribution in [3.05, 3.63) is 168 Å². The van der Waals surface area contributed by atoms with Crippen LogP contribution >= 0.6 is 0 Å². The summed E-state index contributed by atoms with van der Waals surface area (Å²) in [7, 11) is -7.72. The first-order chi connectivity index (χ1) is 26.4. The van der Waals surface area contributed by atoms with Crippen LogP contribution in [0.25, 0.3) is 0 Å². The van der Waals surface area contributed by atoms with Crippen LogP contribution in [0.15, 0.2) is 165 Å². The van der Waals surface area contributed by atoms with Crippen molar-refractivity contribution in [2.24, 2.45) is 0 Å². The highest BCUT2D eigenvalue weighted by Crippen LogP contribution is 2.56. The minimum absolute atomic E-state index is 0.0387. The summed E-state index contributed by atoms with van der Waals surface area (Å²) >= 11 is 0. The molecule has 6 nitrogen and oxygen atoms in total. The first-order valence-corrected chi connectivity index (χ1v) is 19.9. The molecule has 0 aliphatic heterocycles. The van der Waals surface area contributed by atoms with Crippen molar-refractivity contribution in [1.82, 2.24) is 0 Å². The van der Waals surface area contributed by atoms with Crippen molar-refractivity contribution >= 4 is 19.7 Å². The Balaban J connectivity index is 1.22. The van der Waals surface area contributed by atoms with Gasteiger partial charge in [-0.2, -0.15) is 26.3 Å². The molecule has 0 saturated carbocycles. The molecule has 0 atom stereocenters. The zero-order valence-electron chi connectivity index (χ0n) is 29.6. The lowest BCUT2D eigenvalue weighted by Gasteiger charge is -2.38. The molecular weight excluding hydrogens is 779 g/mol. The summed E-state index contributed by atoms with van der Waals surface area (Å²) in [6.07, 6.45) is -11.0. The third-order valence-corrected chi connectivity index (χ3v) is 12.7. The van der Waals surface area contributed by atoms with Crippen LogP contribution in [0.4, 0.5) is 26.3 Å². The molecule has 0 bridgehead atoms. The summed E-state index contributed by atoms with van der Waals surface area (Å²) in [5.41, 5.74) is -4.87. The van der Waals surface area contributed by atoms with Gasteiger partial charge in [0.15, 0.2) is 0 Å². The van der Waals surface area contributed by atoms with Crippen molar-refractivity contribution in [3.63, 3.8) is 0 Å². The van der Waals surface area contributed by atoms with Crippen LogP contribution in [0.5, 0.6) is 23.0 Å². The second kappa shape index (κ2) is 15.1. The lowest BCUT2D eigenvalue weighted by Crippen LogP contribution is -2.54. The van der Waals surface area contributed by atoms with E-state index >= 15 is 0 Å². The summed E-state index contributed by atoms with van der Waals surface area (Å²) in [6, 6.07) is 29.5. The van der Waals surface area contributed by atoms with Gasteiger partial charge in [0.25, 0.3) is 0 Å². The monoisotopic (exact) mass is 810 g/mol. The Kier molecular flexibility index (Phi) is 10.8. The molecular formula is C42H32F6O6S2. The average molecular weight is 811 g/mol. The van der Waals surface area contributed by atoms with Gasteiger partial charge in [-0.1, -0.05) is 61.0 Å². The van der Waals surface area contributed by atoms with Crippen molar-refractivity contribution in [2.75, 3.05) is 0 Å². The molecule has 0 unspecified atom stereocenters. The summed E-state index contributed by atoms with van der Waals surface area (Å²) in [6.45, 7) is 3.75. The minimum Gasteiger partial charge on any atom is -0.457 e. The Bertz CT molecular complexity index is 2500. The molecule has 6 aromatic carbocycles. The van der Waals surface area contributed by atoms with Crippen LogP contribution in [0, 0.1) is 6.92 Å². The third kappa shape index (κ3) is 7.76. The average Bonchev–Trinajstić information content (AvgIpc) is 3.16. The molecule has 0 radical (unpaired) electrons. The van der Waals surface area contributed by atoms with Gasteiger partial charge in [-0.05, 0) is 127 Å². The van der Waals surface area contributed by atoms with Crippen molar-refractivity contribution < 1.29 is 52.7 Å². The maximum atomic E-state index is 14.8. The van der Waals surface area contributed by atoms with Gasteiger partial charge >= 0.3 is 12.4 Å². The molecule has 0 aliphatic carbocycles. The Morgan fingerprint density at radius 3 is 0.982 bits per heavy atom. The molecule has 290 valence electrons. The van der Waals surface area contributed by atoms with Gasteiger partial charge in [-0.15, -0.1) is 0 Å². The van der Waals surface area contributed by atoms with Gasteiger partial charge in [-0.3, -0.25) is 0 Å². The third-order valence-electron chi connectivity index (χ3n) is 9.14. The first kappa shape index (κ1) is 40.1.